The molecule has 1 aromatic heterocycles. The number of rotatable bonds is 8. The predicted molar refractivity (Wildman–Crippen MR) is 83.8 cm³/mol. The van der Waals surface area contributed by atoms with Crippen molar-refractivity contribution in [2.45, 2.75) is 73.1 Å². The third-order valence-corrected chi connectivity index (χ3v) is 3.28. The van der Waals surface area contributed by atoms with E-state index in [0.717, 1.165) is 24.7 Å². The quantitative estimate of drug-likeness (QED) is 0.765. The van der Waals surface area contributed by atoms with Crippen LogP contribution in [0, 0.1) is 12.8 Å². The van der Waals surface area contributed by atoms with Gasteiger partial charge in [-0.25, -0.2) is 0 Å². The van der Waals surface area contributed by atoms with Gasteiger partial charge in [-0.05, 0) is 51.7 Å². The summed E-state index contributed by atoms with van der Waals surface area (Å²) >= 11 is 0. The van der Waals surface area contributed by atoms with Crippen molar-refractivity contribution in [3.8, 4) is 0 Å². The van der Waals surface area contributed by atoms with E-state index in [1.54, 1.807) is 0 Å². The zero-order valence-electron chi connectivity index (χ0n) is 14.0. The molecule has 0 amide bonds. The molecule has 0 aromatic carbocycles. The molecule has 116 valence electrons. The Hall–Kier alpha value is -0.800. The summed E-state index contributed by atoms with van der Waals surface area (Å²) in [6.45, 7) is 15.2. The Morgan fingerprint density at radius 3 is 2.65 bits per heavy atom. The monoisotopic (exact) mass is 281 g/mol. The van der Waals surface area contributed by atoms with E-state index < -0.39 is 0 Å². The number of hydrogen-bond donors (Lipinski definition) is 1. The van der Waals surface area contributed by atoms with E-state index in [0.29, 0.717) is 12.5 Å². The molecular weight excluding hydrogens is 250 g/mol. The SMILES string of the molecule is CCCC(C)COCc1cc(C)c(CNC(C)(C)C)o1. The van der Waals surface area contributed by atoms with Crippen molar-refractivity contribution in [2.24, 2.45) is 5.92 Å². The largest absolute Gasteiger partial charge is 0.462 e. The zero-order chi connectivity index (χ0) is 15.2. The average molecular weight is 281 g/mol. The highest BCUT2D eigenvalue weighted by Gasteiger charge is 2.13. The number of aryl methyl sites for hydroxylation is 1. The Morgan fingerprint density at radius 1 is 1.35 bits per heavy atom. The van der Waals surface area contributed by atoms with Crippen molar-refractivity contribution in [3.05, 3.63) is 23.2 Å². The van der Waals surface area contributed by atoms with Gasteiger partial charge in [-0.1, -0.05) is 20.3 Å². The fraction of sp³-hybridized carbons (Fsp3) is 0.765. The molecule has 1 aromatic rings. The molecule has 0 aliphatic heterocycles. The van der Waals surface area contributed by atoms with Gasteiger partial charge >= 0.3 is 0 Å². The van der Waals surface area contributed by atoms with Crippen molar-refractivity contribution in [2.75, 3.05) is 6.61 Å². The van der Waals surface area contributed by atoms with Gasteiger partial charge in [-0.3, -0.25) is 0 Å². The van der Waals surface area contributed by atoms with Crippen LogP contribution >= 0.6 is 0 Å². The highest BCUT2D eigenvalue weighted by molar-refractivity contribution is 5.19. The molecule has 0 radical (unpaired) electrons. The molecule has 1 unspecified atom stereocenters. The summed E-state index contributed by atoms with van der Waals surface area (Å²) < 4.78 is 11.6. The highest BCUT2D eigenvalue weighted by atomic mass is 16.5. The van der Waals surface area contributed by atoms with E-state index in [1.165, 1.54) is 18.4 Å². The lowest BCUT2D eigenvalue weighted by molar-refractivity contribution is 0.0768. The average Bonchev–Trinajstić information content (AvgIpc) is 2.67. The molecule has 1 atom stereocenters. The van der Waals surface area contributed by atoms with E-state index >= 15 is 0 Å². The van der Waals surface area contributed by atoms with E-state index in [1.807, 2.05) is 0 Å². The minimum absolute atomic E-state index is 0.103. The second kappa shape index (κ2) is 7.84. The molecule has 1 N–H and O–H groups in total. The minimum Gasteiger partial charge on any atom is -0.462 e. The zero-order valence-corrected chi connectivity index (χ0v) is 14.0. The van der Waals surface area contributed by atoms with Crippen LogP contribution in [0.4, 0.5) is 0 Å². The summed E-state index contributed by atoms with van der Waals surface area (Å²) in [5.74, 6) is 2.56. The molecule has 1 heterocycles. The van der Waals surface area contributed by atoms with Crippen LogP contribution < -0.4 is 5.32 Å². The lowest BCUT2D eigenvalue weighted by Crippen LogP contribution is -2.35. The lowest BCUT2D eigenvalue weighted by atomic mass is 10.1. The van der Waals surface area contributed by atoms with Gasteiger partial charge in [-0.2, -0.15) is 0 Å². The number of nitrogens with one attached hydrogen (secondary N) is 1. The minimum atomic E-state index is 0.103. The number of furan rings is 1. The number of hydrogen-bond acceptors (Lipinski definition) is 3. The maximum absolute atomic E-state index is 5.86. The van der Waals surface area contributed by atoms with Crippen LogP contribution in [0.1, 0.15) is 64.5 Å². The van der Waals surface area contributed by atoms with Gasteiger partial charge in [0.05, 0.1) is 6.54 Å². The highest BCUT2D eigenvalue weighted by Crippen LogP contribution is 2.17. The van der Waals surface area contributed by atoms with Crippen molar-refractivity contribution < 1.29 is 9.15 Å². The molecule has 0 fully saturated rings. The van der Waals surface area contributed by atoms with Gasteiger partial charge in [0.15, 0.2) is 0 Å². The Balaban J connectivity index is 2.41. The van der Waals surface area contributed by atoms with E-state index in [4.69, 9.17) is 9.15 Å². The van der Waals surface area contributed by atoms with Crippen LogP contribution in [0.15, 0.2) is 10.5 Å². The molecule has 0 bridgehead atoms. The normalized spacial score (nSPS) is 13.7. The molecule has 0 spiro atoms. The lowest BCUT2D eigenvalue weighted by Gasteiger charge is -2.19. The van der Waals surface area contributed by atoms with Crippen molar-refractivity contribution >= 4 is 0 Å². The van der Waals surface area contributed by atoms with Gasteiger partial charge in [-0.15, -0.1) is 0 Å². The van der Waals surface area contributed by atoms with Crippen LogP contribution in [-0.2, 0) is 17.9 Å². The molecular formula is C17H31NO2. The summed E-state index contributed by atoms with van der Waals surface area (Å²) in [6.07, 6.45) is 2.44. The summed E-state index contributed by atoms with van der Waals surface area (Å²) in [4.78, 5) is 0. The van der Waals surface area contributed by atoms with E-state index in [9.17, 15) is 0 Å². The first-order valence-electron chi connectivity index (χ1n) is 7.72. The van der Waals surface area contributed by atoms with Gasteiger partial charge in [0.1, 0.15) is 18.1 Å². The van der Waals surface area contributed by atoms with Crippen LogP contribution in [0.3, 0.4) is 0 Å². The molecule has 0 saturated heterocycles. The van der Waals surface area contributed by atoms with E-state index in [-0.39, 0.29) is 5.54 Å². The first kappa shape index (κ1) is 17.3. The fourth-order valence-electron chi connectivity index (χ4n) is 2.12. The molecule has 20 heavy (non-hydrogen) atoms. The van der Waals surface area contributed by atoms with Crippen molar-refractivity contribution in [3.63, 3.8) is 0 Å². The summed E-state index contributed by atoms with van der Waals surface area (Å²) in [5, 5.41) is 3.45. The van der Waals surface area contributed by atoms with Crippen LogP contribution in [0.25, 0.3) is 0 Å². The van der Waals surface area contributed by atoms with Crippen LogP contribution in [0.5, 0.6) is 0 Å². The predicted octanol–water partition coefficient (Wildman–Crippen LogP) is 4.43. The van der Waals surface area contributed by atoms with Gasteiger partial charge in [0.2, 0.25) is 0 Å². The molecule has 3 heteroatoms. The van der Waals surface area contributed by atoms with Gasteiger partial charge in [0.25, 0.3) is 0 Å². The third-order valence-electron chi connectivity index (χ3n) is 3.28. The summed E-state index contributed by atoms with van der Waals surface area (Å²) in [7, 11) is 0. The molecule has 3 nitrogen and oxygen atoms in total. The smallest absolute Gasteiger partial charge is 0.130 e. The van der Waals surface area contributed by atoms with Crippen LogP contribution in [-0.4, -0.2) is 12.1 Å². The number of ether oxygens (including phenoxy) is 1. The van der Waals surface area contributed by atoms with Gasteiger partial charge in [0, 0.05) is 12.1 Å². The molecule has 0 aliphatic carbocycles. The van der Waals surface area contributed by atoms with Crippen molar-refractivity contribution in [1.29, 1.82) is 0 Å². The fourth-order valence-corrected chi connectivity index (χ4v) is 2.12. The van der Waals surface area contributed by atoms with Crippen LogP contribution in [0.2, 0.25) is 0 Å². The van der Waals surface area contributed by atoms with E-state index in [2.05, 4.69) is 52.9 Å². The first-order valence-corrected chi connectivity index (χ1v) is 7.72. The Labute approximate surface area is 124 Å². The molecule has 0 aliphatic rings. The standard InChI is InChI=1S/C17H31NO2/c1-7-8-13(2)11-19-12-15-9-14(3)16(20-15)10-18-17(4,5)6/h9,13,18H,7-8,10-12H2,1-6H3. The first-order chi connectivity index (χ1) is 9.31. The van der Waals surface area contributed by atoms with Gasteiger partial charge < -0.3 is 14.5 Å². The maximum Gasteiger partial charge on any atom is 0.130 e. The topological polar surface area (TPSA) is 34.4 Å². The molecule has 0 saturated carbocycles. The summed E-state index contributed by atoms with van der Waals surface area (Å²) in [6, 6.07) is 2.09. The Morgan fingerprint density at radius 2 is 2.05 bits per heavy atom. The Kier molecular flexibility index (Phi) is 6.77. The second-order valence-corrected chi connectivity index (χ2v) is 6.83. The second-order valence-electron chi connectivity index (χ2n) is 6.83. The summed E-state index contributed by atoms with van der Waals surface area (Å²) in [5.41, 5.74) is 1.30. The molecule has 1 rings (SSSR count). The Bertz CT molecular complexity index is 390. The maximum atomic E-state index is 5.86. The third kappa shape index (κ3) is 6.58. The van der Waals surface area contributed by atoms with Crippen molar-refractivity contribution in [1.82, 2.24) is 5.32 Å².